The second-order valence-corrected chi connectivity index (χ2v) is 8.42. The van der Waals surface area contributed by atoms with Crippen molar-refractivity contribution in [2.75, 3.05) is 11.9 Å². The van der Waals surface area contributed by atoms with Gasteiger partial charge in [-0.3, -0.25) is 0 Å². The maximum Gasteiger partial charge on any atom is 0.0351 e. The molecule has 0 aliphatic rings. The zero-order valence-electron chi connectivity index (χ0n) is 16.0. The Hall–Kier alpha value is -0.500. The van der Waals surface area contributed by atoms with Gasteiger partial charge in [-0.25, -0.2) is 0 Å². The summed E-state index contributed by atoms with van der Waals surface area (Å²) in [5.41, 5.74) is 1.22. The minimum absolute atomic E-state index is 0.884. The Balaban J connectivity index is 1.78. The topological polar surface area (TPSA) is 12.0 Å². The molecule has 1 aromatic rings. The van der Waals surface area contributed by atoms with Gasteiger partial charge in [0.05, 0.1) is 0 Å². The van der Waals surface area contributed by atoms with Gasteiger partial charge in [0, 0.05) is 16.7 Å². The van der Waals surface area contributed by atoms with Crippen LogP contribution in [0.3, 0.4) is 0 Å². The molecule has 0 saturated carbocycles. The lowest BCUT2D eigenvalue weighted by Crippen LogP contribution is -2.01. The number of rotatable bonds is 15. The first kappa shape index (κ1) is 21.5. The molecule has 1 aromatic carbocycles. The van der Waals surface area contributed by atoms with E-state index in [1.54, 1.807) is 0 Å². The smallest absolute Gasteiger partial charge is 0.0351 e. The largest absolute Gasteiger partial charge is 0.385 e. The number of hydrogen-bond donors (Lipinski definition) is 1. The average molecular weight is 396 g/mol. The molecule has 0 aliphatic heterocycles. The number of anilines is 1. The number of benzene rings is 1. The monoisotopic (exact) mass is 395 g/mol. The summed E-state index contributed by atoms with van der Waals surface area (Å²) in [5, 5.41) is 3.50. The lowest BCUT2D eigenvalue weighted by atomic mass is 10.0. The molecule has 2 heteroatoms. The zero-order valence-corrected chi connectivity index (χ0v) is 17.5. The van der Waals surface area contributed by atoms with E-state index in [1.165, 1.54) is 82.7 Å². The molecule has 0 amide bonds. The van der Waals surface area contributed by atoms with E-state index in [1.807, 2.05) is 0 Å². The molecule has 1 N–H and O–H groups in total. The molecule has 138 valence electrons. The summed E-state index contributed by atoms with van der Waals surface area (Å²) in [6.07, 6.45) is 17.0. The fraction of sp³-hybridized carbons (Fsp3) is 0.727. The highest BCUT2D eigenvalue weighted by Gasteiger charge is 1.96. The van der Waals surface area contributed by atoms with Crippen molar-refractivity contribution in [1.29, 1.82) is 0 Å². The molecule has 0 radical (unpaired) electrons. The summed E-state index contributed by atoms with van der Waals surface area (Å²) in [6.45, 7) is 5.75. The molecule has 0 atom stereocenters. The van der Waals surface area contributed by atoms with Crippen molar-refractivity contribution in [1.82, 2.24) is 0 Å². The molecular weight excluding hydrogens is 358 g/mol. The second-order valence-electron chi connectivity index (χ2n) is 7.51. The predicted molar refractivity (Wildman–Crippen MR) is 113 cm³/mol. The normalized spacial score (nSPS) is 11.2. The molecule has 0 spiro atoms. The lowest BCUT2D eigenvalue weighted by Gasteiger charge is -2.07. The van der Waals surface area contributed by atoms with Gasteiger partial charge in [0.1, 0.15) is 0 Å². The van der Waals surface area contributed by atoms with Gasteiger partial charge in [-0.2, -0.15) is 0 Å². The third-order valence-corrected chi connectivity index (χ3v) is 5.11. The van der Waals surface area contributed by atoms with E-state index in [0.29, 0.717) is 0 Å². The third-order valence-electron chi connectivity index (χ3n) is 4.61. The van der Waals surface area contributed by atoms with Crippen LogP contribution in [0.2, 0.25) is 0 Å². The average Bonchev–Trinajstić information content (AvgIpc) is 2.55. The summed E-state index contributed by atoms with van der Waals surface area (Å²) in [5.74, 6) is 0.884. The summed E-state index contributed by atoms with van der Waals surface area (Å²) < 4.78 is 1.15. The Morgan fingerprint density at radius 1 is 0.792 bits per heavy atom. The highest BCUT2D eigenvalue weighted by molar-refractivity contribution is 9.10. The fourth-order valence-corrected chi connectivity index (χ4v) is 3.50. The minimum Gasteiger partial charge on any atom is -0.385 e. The van der Waals surface area contributed by atoms with Crippen LogP contribution in [0, 0.1) is 5.92 Å². The van der Waals surface area contributed by atoms with Crippen LogP contribution >= 0.6 is 15.9 Å². The van der Waals surface area contributed by atoms with Gasteiger partial charge in [0.25, 0.3) is 0 Å². The quantitative estimate of drug-likeness (QED) is 0.295. The van der Waals surface area contributed by atoms with Crippen molar-refractivity contribution in [3.63, 3.8) is 0 Å². The standard InChI is InChI=1S/C22H38BrN/c1-20(2)15-12-10-8-6-4-3-5-7-9-11-13-18-24-22-17-14-16-21(23)19-22/h14,16-17,19-20,24H,3-13,15,18H2,1-2H3. The molecule has 0 heterocycles. The number of hydrogen-bond acceptors (Lipinski definition) is 1. The van der Waals surface area contributed by atoms with Gasteiger partial charge >= 0.3 is 0 Å². The van der Waals surface area contributed by atoms with Crippen LogP contribution in [0.15, 0.2) is 28.7 Å². The number of nitrogens with one attached hydrogen (secondary N) is 1. The van der Waals surface area contributed by atoms with E-state index in [-0.39, 0.29) is 0 Å². The van der Waals surface area contributed by atoms with Crippen LogP contribution in [0.1, 0.15) is 90.9 Å². The molecule has 24 heavy (non-hydrogen) atoms. The van der Waals surface area contributed by atoms with Crippen molar-refractivity contribution in [2.24, 2.45) is 5.92 Å². The molecular formula is C22H38BrN. The van der Waals surface area contributed by atoms with Crippen LogP contribution in [-0.4, -0.2) is 6.54 Å². The molecule has 1 nitrogen and oxygen atoms in total. The van der Waals surface area contributed by atoms with Crippen LogP contribution in [0.4, 0.5) is 5.69 Å². The third kappa shape index (κ3) is 12.9. The summed E-state index contributed by atoms with van der Waals surface area (Å²) in [6, 6.07) is 8.42. The summed E-state index contributed by atoms with van der Waals surface area (Å²) in [4.78, 5) is 0. The van der Waals surface area contributed by atoms with Crippen molar-refractivity contribution >= 4 is 21.6 Å². The van der Waals surface area contributed by atoms with Crippen LogP contribution in [-0.2, 0) is 0 Å². The van der Waals surface area contributed by atoms with E-state index in [2.05, 4.69) is 59.4 Å². The molecule has 0 unspecified atom stereocenters. The maximum absolute atomic E-state index is 3.51. The first-order valence-electron chi connectivity index (χ1n) is 10.2. The van der Waals surface area contributed by atoms with Gasteiger partial charge in [-0.1, -0.05) is 106 Å². The van der Waals surface area contributed by atoms with E-state index in [0.717, 1.165) is 16.9 Å². The first-order chi connectivity index (χ1) is 11.7. The van der Waals surface area contributed by atoms with Gasteiger partial charge in [-0.15, -0.1) is 0 Å². The SMILES string of the molecule is CC(C)CCCCCCCCCCCCCNc1cccc(Br)c1. The molecule has 0 aliphatic carbocycles. The Labute approximate surface area is 159 Å². The van der Waals surface area contributed by atoms with Gasteiger partial charge in [-0.05, 0) is 30.5 Å². The Kier molecular flexibility index (Phi) is 13.3. The van der Waals surface area contributed by atoms with Crippen LogP contribution in [0.25, 0.3) is 0 Å². The van der Waals surface area contributed by atoms with Crippen molar-refractivity contribution in [3.05, 3.63) is 28.7 Å². The summed E-state index contributed by atoms with van der Waals surface area (Å²) >= 11 is 3.51. The van der Waals surface area contributed by atoms with E-state index >= 15 is 0 Å². The Morgan fingerprint density at radius 3 is 1.88 bits per heavy atom. The van der Waals surface area contributed by atoms with Crippen LogP contribution in [0.5, 0.6) is 0 Å². The number of unbranched alkanes of at least 4 members (excludes halogenated alkanes) is 10. The van der Waals surface area contributed by atoms with E-state index in [9.17, 15) is 0 Å². The van der Waals surface area contributed by atoms with Gasteiger partial charge in [0.15, 0.2) is 0 Å². The van der Waals surface area contributed by atoms with E-state index in [4.69, 9.17) is 0 Å². The van der Waals surface area contributed by atoms with Crippen molar-refractivity contribution in [2.45, 2.75) is 90.9 Å². The lowest BCUT2D eigenvalue weighted by molar-refractivity contribution is 0.504. The Bertz CT molecular complexity index is 403. The highest BCUT2D eigenvalue weighted by atomic mass is 79.9. The Morgan fingerprint density at radius 2 is 1.33 bits per heavy atom. The highest BCUT2D eigenvalue weighted by Crippen LogP contribution is 2.16. The molecule has 1 rings (SSSR count). The minimum atomic E-state index is 0.884. The predicted octanol–water partition coefficient (Wildman–Crippen LogP) is 8.20. The van der Waals surface area contributed by atoms with Gasteiger partial charge < -0.3 is 5.32 Å². The molecule has 0 aromatic heterocycles. The molecule has 0 saturated heterocycles. The second kappa shape index (κ2) is 14.8. The van der Waals surface area contributed by atoms with Crippen molar-refractivity contribution in [3.8, 4) is 0 Å². The fourth-order valence-electron chi connectivity index (χ4n) is 3.10. The number of halogens is 1. The maximum atomic E-state index is 3.51. The van der Waals surface area contributed by atoms with Crippen molar-refractivity contribution < 1.29 is 0 Å². The zero-order chi connectivity index (χ0) is 17.5. The molecule has 0 fully saturated rings. The molecule has 0 bridgehead atoms. The van der Waals surface area contributed by atoms with E-state index < -0.39 is 0 Å². The van der Waals surface area contributed by atoms with Crippen LogP contribution < -0.4 is 5.32 Å². The summed E-state index contributed by atoms with van der Waals surface area (Å²) in [7, 11) is 0. The van der Waals surface area contributed by atoms with Gasteiger partial charge in [0.2, 0.25) is 0 Å². The first-order valence-corrected chi connectivity index (χ1v) is 11.0.